The number of aromatic carboxylic acids is 1. The van der Waals surface area contributed by atoms with E-state index in [1.807, 2.05) is 6.07 Å². The van der Waals surface area contributed by atoms with Crippen molar-refractivity contribution in [2.75, 3.05) is 0 Å². The second-order valence-corrected chi connectivity index (χ2v) is 5.42. The molecule has 22 heavy (non-hydrogen) atoms. The van der Waals surface area contributed by atoms with Crippen LogP contribution in [0.15, 0.2) is 42.5 Å². The minimum Gasteiger partial charge on any atom is -0.508 e. The number of fused-ring (bicyclic) bond motifs is 1. The minimum absolute atomic E-state index is 0.0917. The van der Waals surface area contributed by atoms with Crippen LogP contribution in [0.4, 0.5) is 0 Å². The largest absolute Gasteiger partial charge is 0.508 e. The SMILES string of the molecule is O=C(O)c1cccc(C[C@H]2C[C@@H](O)c3cc(O)ccc3O2)c1. The number of aliphatic hydroxyl groups is 1. The van der Waals surface area contributed by atoms with Crippen LogP contribution in [0.5, 0.6) is 11.5 Å². The van der Waals surface area contributed by atoms with Gasteiger partial charge in [-0.3, -0.25) is 0 Å². The molecule has 1 heterocycles. The summed E-state index contributed by atoms with van der Waals surface area (Å²) in [6, 6.07) is 11.3. The molecule has 0 fully saturated rings. The molecule has 2 aromatic rings. The molecule has 0 unspecified atom stereocenters. The molecule has 3 rings (SSSR count). The molecule has 114 valence electrons. The number of hydrogen-bond donors (Lipinski definition) is 3. The summed E-state index contributed by atoms with van der Waals surface area (Å²) in [6.07, 6.45) is -0.0358. The van der Waals surface area contributed by atoms with Crippen molar-refractivity contribution in [2.24, 2.45) is 0 Å². The summed E-state index contributed by atoms with van der Waals surface area (Å²) in [5.74, 6) is -0.322. The smallest absolute Gasteiger partial charge is 0.335 e. The summed E-state index contributed by atoms with van der Waals surface area (Å²) in [4.78, 5) is 11.0. The van der Waals surface area contributed by atoms with Crippen molar-refractivity contribution >= 4 is 5.97 Å². The number of benzene rings is 2. The average Bonchev–Trinajstić information content (AvgIpc) is 2.48. The van der Waals surface area contributed by atoms with Crippen LogP contribution in [0.1, 0.15) is 34.0 Å². The van der Waals surface area contributed by atoms with E-state index in [1.165, 1.54) is 12.1 Å². The molecule has 2 atom stereocenters. The Kier molecular flexibility index (Phi) is 3.73. The number of aliphatic hydroxyl groups excluding tert-OH is 1. The Hall–Kier alpha value is -2.53. The lowest BCUT2D eigenvalue weighted by molar-refractivity contribution is 0.0654. The van der Waals surface area contributed by atoms with Gasteiger partial charge in [0.25, 0.3) is 0 Å². The fourth-order valence-electron chi connectivity index (χ4n) is 2.73. The summed E-state index contributed by atoms with van der Waals surface area (Å²) in [5.41, 5.74) is 1.66. The van der Waals surface area contributed by atoms with E-state index in [1.54, 1.807) is 24.3 Å². The third-order valence-corrected chi connectivity index (χ3v) is 3.77. The number of carbonyl (C=O) groups is 1. The predicted molar refractivity (Wildman–Crippen MR) is 79.2 cm³/mol. The second kappa shape index (κ2) is 5.69. The third kappa shape index (κ3) is 2.89. The maximum absolute atomic E-state index is 11.0. The Bertz CT molecular complexity index is 710. The van der Waals surface area contributed by atoms with Crippen molar-refractivity contribution in [2.45, 2.75) is 25.0 Å². The standard InChI is InChI=1S/C17H16O5/c18-12-4-5-16-14(8-12)15(19)9-13(22-16)7-10-2-1-3-11(6-10)17(20)21/h1-6,8,13,15,18-19H,7,9H2,(H,20,21)/t13-,15+/m0/s1. The second-order valence-electron chi connectivity index (χ2n) is 5.42. The molecule has 0 spiro atoms. The lowest BCUT2D eigenvalue weighted by Crippen LogP contribution is -2.27. The summed E-state index contributed by atoms with van der Waals surface area (Å²) in [5, 5.41) is 28.7. The zero-order valence-electron chi connectivity index (χ0n) is 11.8. The van der Waals surface area contributed by atoms with E-state index in [4.69, 9.17) is 9.84 Å². The zero-order chi connectivity index (χ0) is 15.7. The maximum atomic E-state index is 11.0. The van der Waals surface area contributed by atoms with Gasteiger partial charge in [0.1, 0.15) is 17.6 Å². The molecule has 1 aliphatic heterocycles. The van der Waals surface area contributed by atoms with Crippen molar-refractivity contribution in [3.05, 3.63) is 59.2 Å². The Morgan fingerprint density at radius 2 is 2.05 bits per heavy atom. The third-order valence-electron chi connectivity index (χ3n) is 3.77. The zero-order valence-corrected chi connectivity index (χ0v) is 11.8. The van der Waals surface area contributed by atoms with Gasteiger partial charge in [0, 0.05) is 18.4 Å². The van der Waals surface area contributed by atoms with Gasteiger partial charge in [-0.15, -0.1) is 0 Å². The number of phenols is 1. The van der Waals surface area contributed by atoms with Crippen LogP contribution in [-0.2, 0) is 6.42 Å². The highest BCUT2D eigenvalue weighted by Gasteiger charge is 2.27. The van der Waals surface area contributed by atoms with E-state index in [9.17, 15) is 15.0 Å². The predicted octanol–water partition coefficient (Wildman–Crippen LogP) is 2.52. The fraction of sp³-hybridized carbons (Fsp3) is 0.235. The van der Waals surface area contributed by atoms with E-state index in [0.29, 0.717) is 24.2 Å². The molecule has 0 bridgehead atoms. The molecule has 5 nitrogen and oxygen atoms in total. The van der Waals surface area contributed by atoms with Crippen LogP contribution in [-0.4, -0.2) is 27.4 Å². The molecule has 1 aliphatic rings. The Labute approximate surface area is 127 Å². The summed E-state index contributed by atoms with van der Waals surface area (Å²) in [6.45, 7) is 0. The number of hydrogen-bond acceptors (Lipinski definition) is 4. The van der Waals surface area contributed by atoms with Gasteiger partial charge < -0.3 is 20.1 Å². The van der Waals surface area contributed by atoms with Crippen molar-refractivity contribution in [1.82, 2.24) is 0 Å². The average molecular weight is 300 g/mol. The number of phenolic OH excluding ortho intramolecular Hbond substituents is 1. The van der Waals surface area contributed by atoms with Gasteiger partial charge in [-0.1, -0.05) is 12.1 Å². The van der Waals surface area contributed by atoms with Gasteiger partial charge in [-0.25, -0.2) is 4.79 Å². The molecule has 5 heteroatoms. The van der Waals surface area contributed by atoms with Crippen LogP contribution in [0, 0.1) is 0 Å². The van der Waals surface area contributed by atoms with E-state index < -0.39 is 12.1 Å². The number of ether oxygens (including phenoxy) is 1. The van der Waals surface area contributed by atoms with Crippen molar-refractivity contribution in [3.8, 4) is 11.5 Å². The molecule has 2 aromatic carbocycles. The number of aromatic hydroxyl groups is 1. The van der Waals surface area contributed by atoms with Crippen molar-refractivity contribution < 1.29 is 24.9 Å². The van der Waals surface area contributed by atoms with Crippen LogP contribution in [0.3, 0.4) is 0 Å². The number of rotatable bonds is 3. The van der Waals surface area contributed by atoms with E-state index in [2.05, 4.69) is 0 Å². The van der Waals surface area contributed by atoms with E-state index in [0.717, 1.165) is 5.56 Å². The highest BCUT2D eigenvalue weighted by Crippen LogP contribution is 2.37. The lowest BCUT2D eigenvalue weighted by Gasteiger charge is -2.29. The van der Waals surface area contributed by atoms with Gasteiger partial charge in [-0.2, -0.15) is 0 Å². The van der Waals surface area contributed by atoms with Crippen LogP contribution < -0.4 is 4.74 Å². The quantitative estimate of drug-likeness (QED) is 0.810. The van der Waals surface area contributed by atoms with Gasteiger partial charge >= 0.3 is 5.97 Å². The first kappa shape index (κ1) is 14.4. The first-order valence-corrected chi connectivity index (χ1v) is 7.03. The summed E-state index contributed by atoms with van der Waals surface area (Å²) < 4.78 is 5.84. The normalized spacial score (nSPS) is 20.0. The fourth-order valence-corrected chi connectivity index (χ4v) is 2.73. The van der Waals surface area contributed by atoms with Crippen LogP contribution >= 0.6 is 0 Å². The van der Waals surface area contributed by atoms with E-state index in [-0.39, 0.29) is 17.4 Å². The Balaban J connectivity index is 1.79. The molecular formula is C17H16O5. The topological polar surface area (TPSA) is 87.0 Å². The summed E-state index contributed by atoms with van der Waals surface area (Å²) >= 11 is 0. The van der Waals surface area contributed by atoms with Gasteiger partial charge in [0.05, 0.1) is 11.7 Å². The minimum atomic E-state index is -0.965. The molecule has 0 aromatic heterocycles. The first-order valence-electron chi connectivity index (χ1n) is 7.03. The van der Waals surface area contributed by atoms with Gasteiger partial charge in [-0.05, 0) is 35.9 Å². The lowest BCUT2D eigenvalue weighted by atomic mass is 9.94. The molecule has 0 aliphatic carbocycles. The highest BCUT2D eigenvalue weighted by atomic mass is 16.5. The molecular weight excluding hydrogens is 284 g/mol. The number of carboxylic acid groups (broad SMARTS) is 1. The maximum Gasteiger partial charge on any atom is 0.335 e. The number of carboxylic acids is 1. The molecule has 3 N–H and O–H groups in total. The monoisotopic (exact) mass is 300 g/mol. The van der Waals surface area contributed by atoms with Gasteiger partial charge in [0.15, 0.2) is 0 Å². The Morgan fingerprint density at radius 1 is 1.23 bits per heavy atom. The molecule has 0 amide bonds. The van der Waals surface area contributed by atoms with E-state index >= 15 is 0 Å². The molecule has 0 radical (unpaired) electrons. The molecule has 0 saturated heterocycles. The first-order chi connectivity index (χ1) is 10.5. The van der Waals surface area contributed by atoms with Crippen molar-refractivity contribution in [1.29, 1.82) is 0 Å². The van der Waals surface area contributed by atoms with Crippen LogP contribution in [0.2, 0.25) is 0 Å². The molecule has 0 saturated carbocycles. The van der Waals surface area contributed by atoms with Gasteiger partial charge in [0.2, 0.25) is 0 Å². The highest BCUT2D eigenvalue weighted by molar-refractivity contribution is 5.87. The van der Waals surface area contributed by atoms with Crippen molar-refractivity contribution in [3.63, 3.8) is 0 Å². The Morgan fingerprint density at radius 3 is 2.82 bits per heavy atom. The van der Waals surface area contributed by atoms with Crippen LogP contribution in [0.25, 0.3) is 0 Å². The summed E-state index contributed by atoms with van der Waals surface area (Å²) in [7, 11) is 0.